The summed E-state index contributed by atoms with van der Waals surface area (Å²) in [6.45, 7) is 11.8. The summed E-state index contributed by atoms with van der Waals surface area (Å²) in [5.41, 5.74) is 1.40. The van der Waals surface area contributed by atoms with Crippen LogP contribution in [0.5, 0.6) is 0 Å². The Bertz CT molecular complexity index is 1390. The number of nitrogens with zero attached hydrogens (tertiary/aromatic N) is 5. The van der Waals surface area contributed by atoms with Crippen molar-refractivity contribution in [3.05, 3.63) is 97.1 Å². The van der Waals surface area contributed by atoms with Gasteiger partial charge in [-0.3, -0.25) is 19.7 Å². The van der Waals surface area contributed by atoms with Gasteiger partial charge < -0.3 is 4.90 Å². The second-order valence-electron chi connectivity index (χ2n) is 10.7. The van der Waals surface area contributed by atoms with Gasteiger partial charge in [-0.2, -0.15) is 0 Å². The van der Waals surface area contributed by atoms with E-state index in [1.807, 2.05) is 6.92 Å². The third-order valence-electron chi connectivity index (χ3n) is 7.66. The quantitative estimate of drug-likeness (QED) is 0.231. The molecule has 44 heavy (non-hydrogen) atoms. The number of carbonyl (C=O) groups excluding carboxylic acids is 2. The van der Waals surface area contributed by atoms with Gasteiger partial charge >= 0.3 is 0 Å². The summed E-state index contributed by atoms with van der Waals surface area (Å²) >= 11 is 0. The Morgan fingerprint density at radius 2 is 1.77 bits per heavy atom. The normalized spacial score (nSPS) is 18.0. The number of amides is 2. The smallest absolute Gasteiger partial charge is 0.252 e. The molecule has 2 aliphatic rings. The van der Waals surface area contributed by atoms with Crippen molar-refractivity contribution in [1.82, 2.24) is 14.9 Å². The lowest BCUT2D eigenvalue weighted by Gasteiger charge is -2.44. The SMILES string of the molecule is C=C.CCN(C(=O)[C@H](c1ccccc1C)N(O)c1cccc(F)c1)C1CC(F)(F)C1.C[C@@H]1CCCC(=O)N1c1ncccn1. The third-order valence-corrected chi connectivity index (χ3v) is 7.66. The van der Waals surface area contributed by atoms with Crippen molar-refractivity contribution in [3.63, 3.8) is 0 Å². The van der Waals surface area contributed by atoms with E-state index in [-0.39, 0.29) is 24.2 Å². The van der Waals surface area contributed by atoms with Crippen molar-refractivity contribution in [2.75, 3.05) is 16.5 Å². The number of alkyl halides is 2. The molecule has 0 bridgehead atoms. The highest BCUT2D eigenvalue weighted by Gasteiger charge is 2.50. The van der Waals surface area contributed by atoms with Crippen LogP contribution in [0.15, 0.2) is 80.1 Å². The van der Waals surface area contributed by atoms with E-state index in [2.05, 4.69) is 23.1 Å². The molecule has 2 fully saturated rings. The first-order valence-corrected chi connectivity index (χ1v) is 14.6. The molecule has 2 atom stereocenters. The number of halogens is 3. The topological polar surface area (TPSA) is 89.9 Å². The largest absolute Gasteiger partial charge is 0.337 e. The predicted octanol–water partition coefficient (Wildman–Crippen LogP) is 6.90. The summed E-state index contributed by atoms with van der Waals surface area (Å²) in [5.74, 6) is -3.15. The van der Waals surface area contributed by atoms with Crippen molar-refractivity contribution >= 4 is 23.5 Å². The molecule has 1 aromatic heterocycles. The van der Waals surface area contributed by atoms with Gasteiger partial charge in [0.2, 0.25) is 11.9 Å². The van der Waals surface area contributed by atoms with Crippen LogP contribution in [0.2, 0.25) is 0 Å². The molecular weight excluding hydrogens is 571 g/mol. The lowest BCUT2D eigenvalue weighted by molar-refractivity contribution is -0.155. The molecule has 236 valence electrons. The Morgan fingerprint density at radius 1 is 1.11 bits per heavy atom. The van der Waals surface area contributed by atoms with Crippen molar-refractivity contribution in [3.8, 4) is 0 Å². The van der Waals surface area contributed by atoms with Gasteiger partial charge in [0.1, 0.15) is 5.82 Å². The fourth-order valence-corrected chi connectivity index (χ4v) is 5.40. The Morgan fingerprint density at radius 3 is 2.34 bits per heavy atom. The fourth-order valence-electron chi connectivity index (χ4n) is 5.40. The molecule has 0 spiro atoms. The Labute approximate surface area is 256 Å². The van der Waals surface area contributed by atoms with Gasteiger partial charge in [0.05, 0.1) is 5.69 Å². The van der Waals surface area contributed by atoms with Crippen molar-refractivity contribution in [2.24, 2.45) is 0 Å². The zero-order chi connectivity index (χ0) is 32.4. The number of aromatic nitrogens is 2. The van der Waals surface area contributed by atoms with E-state index >= 15 is 0 Å². The molecule has 1 saturated carbocycles. The number of likely N-dealkylation sites (N-methyl/N-ethyl adjacent to an activating group) is 1. The van der Waals surface area contributed by atoms with Crippen molar-refractivity contribution in [2.45, 2.75) is 76.9 Å². The summed E-state index contributed by atoms with van der Waals surface area (Å²) in [4.78, 5) is 36.3. The third kappa shape index (κ3) is 8.22. The second-order valence-corrected chi connectivity index (χ2v) is 10.7. The first-order chi connectivity index (χ1) is 21.0. The summed E-state index contributed by atoms with van der Waals surface area (Å²) in [5, 5.41) is 11.6. The molecule has 3 aromatic rings. The summed E-state index contributed by atoms with van der Waals surface area (Å²) in [7, 11) is 0. The van der Waals surface area contributed by atoms with Gasteiger partial charge in [0, 0.05) is 50.3 Å². The van der Waals surface area contributed by atoms with Gasteiger partial charge in [0.15, 0.2) is 6.04 Å². The molecule has 2 heterocycles. The summed E-state index contributed by atoms with van der Waals surface area (Å²) in [6, 6.07) is 12.5. The Hall–Kier alpha value is -4.25. The van der Waals surface area contributed by atoms with E-state index in [1.54, 1.807) is 61.5 Å². The highest BCUT2D eigenvalue weighted by atomic mass is 19.3. The average Bonchev–Trinajstić information content (AvgIpc) is 2.99. The molecular formula is C33H40F3N5O3. The minimum atomic E-state index is -2.77. The molecule has 1 aliphatic heterocycles. The minimum Gasteiger partial charge on any atom is -0.337 e. The average molecular weight is 612 g/mol. The maximum absolute atomic E-state index is 13.7. The maximum atomic E-state index is 13.7. The summed E-state index contributed by atoms with van der Waals surface area (Å²) < 4.78 is 40.4. The maximum Gasteiger partial charge on any atom is 0.252 e. The molecule has 2 amide bonds. The highest BCUT2D eigenvalue weighted by molar-refractivity contribution is 5.92. The summed E-state index contributed by atoms with van der Waals surface area (Å²) in [6.07, 6.45) is 5.17. The number of hydrogen-bond donors (Lipinski definition) is 1. The van der Waals surface area contributed by atoms with Crippen LogP contribution < -0.4 is 9.96 Å². The van der Waals surface area contributed by atoms with Crippen molar-refractivity contribution in [1.29, 1.82) is 0 Å². The first kappa shape index (κ1) is 34.2. The van der Waals surface area contributed by atoms with Crippen LogP contribution in [-0.2, 0) is 9.59 Å². The number of piperidine rings is 1. The molecule has 0 radical (unpaired) electrons. The van der Waals surface area contributed by atoms with Gasteiger partial charge in [-0.25, -0.2) is 28.2 Å². The van der Waals surface area contributed by atoms with Gasteiger partial charge in [-0.1, -0.05) is 30.3 Å². The standard InChI is InChI=1S/C21H23F3N2O2.C10H13N3O.C2H4/c1-3-25(17-12-21(23,24)13-17)20(27)19(18-10-5-4-7-14(18)2)26(28)16-9-6-8-15(22)11-16;1-8-4-2-5-9(14)13(8)10-11-6-3-7-12-10;1-2/h4-11,17,19,28H,3,12-13H2,1-2H3;3,6-8H,2,4-5H2,1H3;1-2H2/t19-;8-;/m01./s1. The predicted molar refractivity (Wildman–Crippen MR) is 164 cm³/mol. The van der Waals surface area contributed by atoms with E-state index in [4.69, 9.17) is 0 Å². The second kappa shape index (κ2) is 15.5. The molecule has 2 aromatic carbocycles. The number of rotatable bonds is 7. The molecule has 0 unspecified atom stereocenters. The number of carbonyl (C=O) groups is 2. The Balaban J connectivity index is 0.000000276. The molecule has 1 aliphatic carbocycles. The van der Waals surface area contributed by atoms with Gasteiger partial charge in [-0.05, 0) is 69.0 Å². The number of hydroxylamine groups is 1. The number of benzene rings is 2. The van der Waals surface area contributed by atoms with E-state index in [9.17, 15) is 28.0 Å². The van der Waals surface area contributed by atoms with Crippen LogP contribution in [-0.4, -0.2) is 56.4 Å². The lowest BCUT2D eigenvalue weighted by atomic mass is 9.86. The zero-order valence-corrected chi connectivity index (χ0v) is 25.4. The van der Waals surface area contributed by atoms with Crippen LogP contribution in [0, 0.1) is 12.7 Å². The number of aryl methyl sites for hydroxylation is 1. The van der Waals surface area contributed by atoms with E-state index < -0.39 is 42.6 Å². The molecule has 11 heteroatoms. The first-order valence-electron chi connectivity index (χ1n) is 14.6. The molecule has 8 nitrogen and oxygen atoms in total. The minimum absolute atomic E-state index is 0.108. The monoisotopic (exact) mass is 611 g/mol. The van der Waals surface area contributed by atoms with E-state index in [0.29, 0.717) is 23.0 Å². The zero-order valence-electron chi connectivity index (χ0n) is 25.4. The fraction of sp³-hybridized carbons (Fsp3) is 0.394. The molecule has 1 N–H and O–H groups in total. The van der Waals surface area contributed by atoms with Gasteiger partial charge in [0.25, 0.3) is 11.8 Å². The van der Waals surface area contributed by atoms with E-state index in [1.165, 1.54) is 23.1 Å². The lowest BCUT2D eigenvalue weighted by Crippen LogP contribution is -2.55. The van der Waals surface area contributed by atoms with Crippen LogP contribution >= 0.6 is 0 Å². The van der Waals surface area contributed by atoms with E-state index in [0.717, 1.165) is 24.5 Å². The molecule has 1 saturated heterocycles. The number of hydrogen-bond acceptors (Lipinski definition) is 6. The van der Waals surface area contributed by atoms with Crippen LogP contribution in [0.3, 0.4) is 0 Å². The van der Waals surface area contributed by atoms with Crippen molar-refractivity contribution < 1.29 is 28.0 Å². The van der Waals surface area contributed by atoms with Crippen LogP contribution in [0.1, 0.15) is 63.1 Å². The Kier molecular flexibility index (Phi) is 12.0. The van der Waals surface area contributed by atoms with Gasteiger partial charge in [-0.15, -0.1) is 13.2 Å². The van der Waals surface area contributed by atoms with Crippen LogP contribution in [0.25, 0.3) is 0 Å². The molecule has 5 rings (SSSR count). The van der Waals surface area contributed by atoms with Crippen LogP contribution in [0.4, 0.5) is 24.8 Å². The number of anilines is 2. The highest BCUT2D eigenvalue weighted by Crippen LogP contribution is 2.42.